The number of ether oxygens (including phenoxy) is 1. The maximum Gasteiger partial charge on any atom is 0.0587 e. The molecule has 12 heavy (non-hydrogen) atoms. The summed E-state index contributed by atoms with van der Waals surface area (Å²) in [4.78, 5) is 0. The summed E-state index contributed by atoms with van der Waals surface area (Å²) >= 11 is 0. The third kappa shape index (κ3) is 6.58. The minimum Gasteiger partial charge on any atom is -0.396 e. The van der Waals surface area contributed by atoms with E-state index in [4.69, 9.17) is 9.84 Å². The maximum atomic E-state index is 8.75. The molecule has 0 saturated heterocycles. The molecule has 0 atom stereocenters. The molecule has 0 amide bonds. The Hall–Kier alpha value is -0.120. The van der Waals surface area contributed by atoms with E-state index in [0.717, 1.165) is 26.1 Å². The molecule has 0 rings (SSSR count). The van der Waals surface area contributed by atoms with Crippen LogP contribution in [0.1, 0.15) is 20.3 Å². The van der Waals surface area contributed by atoms with Crippen LogP contribution in [0, 0.1) is 5.41 Å². The van der Waals surface area contributed by atoms with Gasteiger partial charge in [-0.25, -0.2) is 0 Å². The molecule has 0 bridgehead atoms. The predicted molar refractivity (Wildman–Crippen MR) is 50.2 cm³/mol. The molecule has 0 heterocycles. The van der Waals surface area contributed by atoms with E-state index in [2.05, 4.69) is 19.2 Å². The van der Waals surface area contributed by atoms with Gasteiger partial charge in [-0.2, -0.15) is 0 Å². The van der Waals surface area contributed by atoms with Crippen LogP contribution in [0.5, 0.6) is 0 Å². The summed E-state index contributed by atoms with van der Waals surface area (Å²) in [6.07, 6.45) is 0.840. The van der Waals surface area contributed by atoms with E-state index in [1.165, 1.54) is 0 Å². The molecule has 3 nitrogen and oxygen atoms in total. The fourth-order valence-corrected chi connectivity index (χ4v) is 0.992. The van der Waals surface area contributed by atoms with Gasteiger partial charge in [0.15, 0.2) is 0 Å². The second kappa shape index (κ2) is 6.40. The van der Waals surface area contributed by atoms with Crippen LogP contribution in [0.2, 0.25) is 0 Å². The summed E-state index contributed by atoms with van der Waals surface area (Å²) in [6.45, 7) is 7.10. The Balaban J connectivity index is 3.33. The Morgan fingerprint density at radius 3 is 2.58 bits per heavy atom. The normalized spacial score (nSPS) is 12.0. The number of rotatable bonds is 7. The molecule has 0 unspecified atom stereocenters. The first-order valence-electron chi connectivity index (χ1n) is 4.43. The van der Waals surface area contributed by atoms with E-state index in [1.807, 2.05) is 0 Å². The number of hydrogen-bond acceptors (Lipinski definition) is 3. The van der Waals surface area contributed by atoms with Gasteiger partial charge in [0, 0.05) is 26.8 Å². The van der Waals surface area contributed by atoms with Crippen molar-refractivity contribution in [3.63, 3.8) is 0 Å². The van der Waals surface area contributed by atoms with Gasteiger partial charge in [-0.1, -0.05) is 13.8 Å². The smallest absolute Gasteiger partial charge is 0.0587 e. The molecular weight excluding hydrogens is 154 g/mol. The summed E-state index contributed by atoms with van der Waals surface area (Å²) in [7, 11) is 1.69. The molecule has 0 saturated carbocycles. The van der Waals surface area contributed by atoms with Crippen molar-refractivity contribution >= 4 is 0 Å². The molecule has 0 aromatic rings. The minimum atomic E-state index is 0.183. The van der Waals surface area contributed by atoms with Crippen LogP contribution in [0.3, 0.4) is 0 Å². The Labute approximate surface area is 75.1 Å². The zero-order chi connectivity index (χ0) is 9.45. The molecule has 2 N–H and O–H groups in total. The van der Waals surface area contributed by atoms with Crippen LogP contribution in [-0.4, -0.2) is 38.5 Å². The lowest BCUT2D eigenvalue weighted by Crippen LogP contribution is -2.32. The Morgan fingerprint density at radius 2 is 2.08 bits per heavy atom. The summed E-state index contributed by atoms with van der Waals surface area (Å²) < 4.78 is 4.90. The molecule has 0 aliphatic heterocycles. The van der Waals surface area contributed by atoms with Gasteiger partial charge >= 0.3 is 0 Å². The van der Waals surface area contributed by atoms with Crippen molar-refractivity contribution in [3.05, 3.63) is 0 Å². The van der Waals surface area contributed by atoms with E-state index in [0.29, 0.717) is 0 Å². The van der Waals surface area contributed by atoms with Gasteiger partial charge in [0.1, 0.15) is 0 Å². The third-order valence-corrected chi connectivity index (χ3v) is 1.88. The van der Waals surface area contributed by atoms with Crippen molar-refractivity contribution in [2.75, 3.05) is 33.4 Å². The fraction of sp³-hybridized carbons (Fsp3) is 1.00. The van der Waals surface area contributed by atoms with Gasteiger partial charge in [0.25, 0.3) is 0 Å². The van der Waals surface area contributed by atoms with Crippen molar-refractivity contribution in [2.24, 2.45) is 5.41 Å². The largest absolute Gasteiger partial charge is 0.396 e. The Kier molecular flexibility index (Phi) is 6.34. The van der Waals surface area contributed by atoms with Crippen LogP contribution in [0.15, 0.2) is 0 Å². The molecule has 0 aromatic carbocycles. The number of aliphatic hydroxyl groups excluding tert-OH is 1. The zero-order valence-electron chi connectivity index (χ0n) is 8.39. The lowest BCUT2D eigenvalue weighted by molar-refractivity contribution is 0.182. The van der Waals surface area contributed by atoms with E-state index in [1.54, 1.807) is 7.11 Å². The van der Waals surface area contributed by atoms with Gasteiger partial charge in [0.2, 0.25) is 0 Å². The van der Waals surface area contributed by atoms with Crippen molar-refractivity contribution in [1.82, 2.24) is 5.32 Å². The predicted octanol–water partition coefficient (Wildman–Crippen LogP) is 0.631. The van der Waals surface area contributed by atoms with E-state index in [-0.39, 0.29) is 12.0 Å². The number of methoxy groups -OCH3 is 1. The zero-order valence-corrected chi connectivity index (χ0v) is 8.39. The molecule has 74 valence electrons. The van der Waals surface area contributed by atoms with Crippen molar-refractivity contribution < 1.29 is 9.84 Å². The molecule has 0 aliphatic carbocycles. The number of hydrogen-bond donors (Lipinski definition) is 2. The molecule has 0 radical (unpaired) electrons. The highest BCUT2D eigenvalue weighted by atomic mass is 16.5. The van der Waals surface area contributed by atoms with Crippen LogP contribution >= 0.6 is 0 Å². The topological polar surface area (TPSA) is 41.5 Å². The lowest BCUT2D eigenvalue weighted by atomic mass is 9.90. The van der Waals surface area contributed by atoms with Crippen LogP contribution in [-0.2, 0) is 4.74 Å². The van der Waals surface area contributed by atoms with Gasteiger partial charge < -0.3 is 15.2 Å². The van der Waals surface area contributed by atoms with Crippen LogP contribution < -0.4 is 5.32 Å². The summed E-state index contributed by atoms with van der Waals surface area (Å²) in [5, 5.41) is 12.0. The summed E-state index contributed by atoms with van der Waals surface area (Å²) in [6, 6.07) is 0. The quantitative estimate of drug-likeness (QED) is 0.558. The first-order chi connectivity index (χ1) is 5.62. The lowest BCUT2D eigenvalue weighted by Gasteiger charge is -2.23. The first kappa shape index (κ1) is 11.9. The van der Waals surface area contributed by atoms with Gasteiger partial charge in [-0.3, -0.25) is 0 Å². The first-order valence-corrected chi connectivity index (χ1v) is 4.43. The SMILES string of the molecule is COCCNCC(C)(C)CCO. The monoisotopic (exact) mass is 175 g/mol. The molecule has 0 aliphatic rings. The molecule has 0 aromatic heterocycles. The minimum absolute atomic E-state index is 0.183. The summed E-state index contributed by atoms with van der Waals surface area (Å²) in [5.41, 5.74) is 0.183. The van der Waals surface area contributed by atoms with E-state index >= 15 is 0 Å². The molecular formula is C9H21NO2. The van der Waals surface area contributed by atoms with Gasteiger partial charge in [-0.05, 0) is 11.8 Å². The standard InChI is InChI=1S/C9H21NO2/c1-9(2,4-6-11)8-10-5-7-12-3/h10-11H,4-8H2,1-3H3. The molecule has 0 spiro atoms. The van der Waals surface area contributed by atoms with E-state index < -0.39 is 0 Å². The third-order valence-electron chi connectivity index (χ3n) is 1.88. The number of nitrogens with one attached hydrogen (secondary N) is 1. The Bertz CT molecular complexity index is 105. The van der Waals surface area contributed by atoms with Gasteiger partial charge in [0.05, 0.1) is 6.61 Å². The average Bonchev–Trinajstić information content (AvgIpc) is 1.98. The second-order valence-corrected chi connectivity index (χ2v) is 3.81. The highest BCUT2D eigenvalue weighted by molar-refractivity contribution is 4.70. The molecule has 3 heteroatoms. The van der Waals surface area contributed by atoms with Crippen molar-refractivity contribution in [1.29, 1.82) is 0 Å². The van der Waals surface area contributed by atoms with E-state index in [9.17, 15) is 0 Å². The summed E-state index contributed by atoms with van der Waals surface area (Å²) in [5.74, 6) is 0. The van der Waals surface area contributed by atoms with Crippen molar-refractivity contribution in [3.8, 4) is 0 Å². The van der Waals surface area contributed by atoms with Crippen molar-refractivity contribution in [2.45, 2.75) is 20.3 Å². The highest BCUT2D eigenvalue weighted by Gasteiger charge is 2.15. The fourth-order valence-electron chi connectivity index (χ4n) is 0.992. The Morgan fingerprint density at radius 1 is 1.42 bits per heavy atom. The number of aliphatic hydroxyl groups is 1. The second-order valence-electron chi connectivity index (χ2n) is 3.81. The van der Waals surface area contributed by atoms with Gasteiger partial charge in [-0.15, -0.1) is 0 Å². The average molecular weight is 175 g/mol. The highest BCUT2D eigenvalue weighted by Crippen LogP contribution is 2.17. The molecule has 0 fully saturated rings. The van der Waals surface area contributed by atoms with Crippen LogP contribution in [0.25, 0.3) is 0 Å². The van der Waals surface area contributed by atoms with Crippen LogP contribution in [0.4, 0.5) is 0 Å². The maximum absolute atomic E-state index is 8.75.